The van der Waals surface area contributed by atoms with Crippen LogP contribution in [0.15, 0.2) is 0 Å². The van der Waals surface area contributed by atoms with Gasteiger partial charge in [-0.3, -0.25) is 4.79 Å². The number of nitrogens with zero attached hydrogens (tertiary/aromatic N) is 1. The second kappa shape index (κ2) is 5.74. The van der Waals surface area contributed by atoms with Crippen molar-refractivity contribution in [1.29, 1.82) is 0 Å². The molecule has 1 aliphatic heterocycles. The van der Waals surface area contributed by atoms with Gasteiger partial charge < -0.3 is 9.64 Å². The minimum Gasteiger partial charge on any atom is -0.444 e. The molecular weight excluding hydrogens is 254 g/mol. The Morgan fingerprint density at radius 3 is 2.50 bits per heavy atom. The van der Waals surface area contributed by atoms with Crippen LogP contribution in [0.3, 0.4) is 0 Å². The second-order valence-electron chi connectivity index (χ2n) is 7.40. The Morgan fingerprint density at radius 2 is 2.00 bits per heavy atom. The van der Waals surface area contributed by atoms with Crippen molar-refractivity contribution >= 4 is 11.9 Å². The van der Waals surface area contributed by atoms with Gasteiger partial charge >= 0.3 is 6.09 Å². The largest absolute Gasteiger partial charge is 0.444 e. The van der Waals surface area contributed by atoms with Crippen molar-refractivity contribution in [2.24, 2.45) is 17.8 Å². The quantitative estimate of drug-likeness (QED) is 0.741. The minimum absolute atomic E-state index is 0.203. The van der Waals surface area contributed by atoms with Crippen molar-refractivity contribution in [2.45, 2.75) is 59.0 Å². The zero-order valence-corrected chi connectivity index (χ0v) is 13.1. The number of Topliss-reactive ketones (excluding diaryl/α,β-unsaturated/α-hetero) is 1. The fourth-order valence-electron chi connectivity index (χ4n) is 3.56. The molecule has 2 fully saturated rings. The van der Waals surface area contributed by atoms with E-state index in [1.807, 2.05) is 25.7 Å². The molecule has 0 aromatic carbocycles. The molecule has 0 aromatic rings. The summed E-state index contributed by atoms with van der Waals surface area (Å²) < 4.78 is 5.44. The van der Waals surface area contributed by atoms with Crippen LogP contribution in [0.4, 0.5) is 4.79 Å². The third-order valence-electron chi connectivity index (χ3n) is 4.51. The van der Waals surface area contributed by atoms with Gasteiger partial charge in [0.2, 0.25) is 0 Å². The molecule has 0 bridgehead atoms. The van der Waals surface area contributed by atoms with Crippen LogP contribution in [0.2, 0.25) is 0 Å². The van der Waals surface area contributed by atoms with Crippen LogP contribution in [0, 0.1) is 17.8 Å². The number of carbonyl (C=O) groups is 2. The molecular formula is C16H27NO3. The molecule has 3 unspecified atom stereocenters. The maximum Gasteiger partial charge on any atom is 0.410 e. The fourth-order valence-corrected chi connectivity index (χ4v) is 3.56. The monoisotopic (exact) mass is 281 g/mol. The van der Waals surface area contributed by atoms with E-state index in [-0.39, 0.29) is 6.09 Å². The lowest BCUT2D eigenvalue weighted by Crippen LogP contribution is -2.46. The highest BCUT2D eigenvalue weighted by Crippen LogP contribution is 2.38. The van der Waals surface area contributed by atoms with Gasteiger partial charge in [0, 0.05) is 25.9 Å². The van der Waals surface area contributed by atoms with Crippen molar-refractivity contribution < 1.29 is 14.3 Å². The van der Waals surface area contributed by atoms with Gasteiger partial charge in [-0.15, -0.1) is 0 Å². The van der Waals surface area contributed by atoms with Gasteiger partial charge in [-0.05, 0) is 51.4 Å². The van der Waals surface area contributed by atoms with Crippen LogP contribution in [0.25, 0.3) is 0 Å². The first-order valence-corrected chi connectivity index (χ1v) is 7.76. The molecule has 0 radical (unpaired) electrons. The number of ether oxygens (including phenoxy) is 1. The third-order valence-corrected chi connectivity index (χ3v) is 4.51. The number of hydrogen-bond donors (Lipinski definition) is 0. The normalized spacial score (nSPS) is 31.5. The summed E-state index contributed by atoms with van der Waals surface area (Å²) in [4.78, 5) is 25.4. The Labute approximate surface area is 121 Å². The van der Waals surface area contributed by atoms with Gasteiger partial charge in [0.15, 0.2) is 0 Å². The molecule has 1 saturated carbocycles. The van der Waals surface area contributed by atoms with Gasteiger partial charge in [-0.1, -0.05) is 6.92 Å². The Balaban J connectivity index is 1.89. The molecule has 0 N–H and O–H groups in total. The van der Waals surface area contributed by atoms with Crippen molar-refractivity contribution in [3.8, 4) is 0 Å². The minimum atomic E-state index is -0.435. The zero-order chi connectivity index (χ0) is 14.9. The molecule has 2 rings (SSSR count). The second-order valence-corrected chi connectivity index (χ2v) is 7.40. The Kier molecular flexibility index (Phi) is 4.40. The first-order valence-electron chi connectivity index (χ1n) is 7.76. The predicted octanol–water partition coefficient (Wildman–Crippen LogP) is 3.25. The number of ketones is 1. The number of carbonyl (C=O) groups excluding carboxylic acids is 2. The van der Waals surface area contributed by atoms with Crippen molar-refractivity contribution in [3.05, 3.63) is 0 Å². The molecule has 1 aliphatic carbocycles. The first kappa shape index (κ1) is 15.3. The van der Waals surface area contributed by atoms with E-state index in [1.165, 1.54) is 0 Å². The SMILES string of the molecule is CC1CN(C(=O)OC(C)(C)C)CCC1C1CCC(=O)C1. The highest BCUT2D eigenvalue weighted by atomic mass is 16.6. The first-order chi connectivity index (χ1) is 9.26. The average Bonchev–Trinajstić information content (AvgIpc) is 2.73. The lowest BCUT2D eigenvalue weighted by atomic mass is 9.77. The van der Waals surface area contributed by atoms with Crippen molar-refractivity contribution in [3.63, 3.8) is 0 Å². The standard InChI is InChI=1S/C16H27NO3/c1-11-10-17(15(19)20-16(2,3)4)8-7-14(11)12-5-6-13(18)9-12/h11-12,14H,5-10H2,1-4H3. The fraction of sp³-hybridized carbons (Fsp3) is 0.875. The predicted molar refractivity (Wildman–Crippen MR) is 77.4 cm³/mol. The van der Waals surface area contributed by atoms with E-state index in [9.17, 15) is 9.59 Å². The highest BCUT2D eigenvalue weighted by Gasteiger charge is 2.37. The molecule has 1 amide bonds. The molecule has 0 spiro atoms. The van der Waals surface area contributed by atoms with Crippen LogP contribution in [0.5, 0.6) is 0 Å². The summed E-state index contributed by atoms with van der Waals surface area (Å²) in [6, 6.07) is 0. The Bertz CT molecular complexity index is 386. The van der Waals surface area contributed by atoms with E-state index in [1.54, 1.807) is 0 Å². The van der Waals surface area contributed by atoms with E-state index in [0.717, 1.165) is 38.8 Å². The van der Waals surface area contributed by atoms with Crippen LogP contribution >= 0.6 is 0 Å². The van der Waals surface area contributed by atoms with Gasteiger partial charge in [-0.2, -0.15) is 0 Å². The molecule has 20 heavy (non-hydrogen) atoms. The molecule has 2 aliphatic rings. The van der Waals surface area contributed by atoms with Crippen LogP contribution in [-0.4, -0.2) is 35.5 Å². The maximum atomic E-state index is 12.1. The van der Waals surface area contributed by atoms with Crippen LogP contribution in [0.1, 0.15) is 53.4 Å². The molecule has 114 valence electrons. The molecule has 4 heteroatoms. The van der Waals surface area contributed by atoms with E-state index in [2.05, 4.69) is 6.92 Å². The molecule has 3 atom stereocenters. The van der Waals surface area contributed by atoms with Gasteiger partial charge in [0.05, 0.1) is 0 Å². The van der Waals surface area contributed by atoms with Gasteiger partial charge in [0.25, 0.3) is 0 Å². The van der Waals surface area contributed by atoms with E-state index >= 15 is 0 Å². The summed E-state index contributed by atoms with van der Waals surface area (Å²) >= 11 is 0. The smallest absolute Gasteiger partial charge is 0.410 e. The summed E-state index contributed by atoms with van der Waals surface area (Å²) in [6.45, 7) is 9.39. The number of hydrogen-bond acceptors (Lipinski definition) is 3. The van der Waals surface area contributed by atoms with Gasteiger partial charge in [-0.25, -0.2) is 4.79 Å². The van der Waals surface area contributed by atoms with E-state index in [0.29, 0.717) is 23.5 Å². The van der Waals surface area contributed by atoms with E-state index < -0.39 is 5.60 Å². The number of likely N-dealkylation sites (tertiary alicyclic amines) is 1. The topological polar surface area (TPSA) is 46.6 Å². The Morgan fingerprint density at radius 1 is 1.30 bits per heavy atom. The number of amides is 1. The molecule has 4 nitrogen and oxygen atoms in total. The number of piperidine rings is 1. The number of rotatable bonds is 1. The van der Waals surface area contributed by atoms with Crippen LogP contribution in [-0.2, 0) is 9.53 Å². The zero-order valence-electron chi connectivity index (χ0n) is 13.1. The summed E-state index contributed by atoms with van der Waals surface area (Å²) in [6.07, 6.45) is 3.34. The Hall–Kier alpha value is -1.06. The summed E-state index contributed by atoms with van der Waals surface area (Å²) in [5.74, 6) is 1.99. The highest BCUT2D eigenvalue weighted by molar-refractivity contribution is 5.80. The summed E-state index contributed by atoms with van der Waals surface area (Å²) in [7, 11) is 0. The van der Waals surface area contributed by atoms with Crippen molar-refractivity contribution in [2.75, 3.05) is 13.1 Å². The molecule has 1 saturated heterocycles. The van der Waals surface area contributed by atoms with Crippen molar-refractivity contribution in [1.82, 2.24) is 4.90 Å². The average molecular weight is 281 g/mol. The maximum absolute atomic E-state index is 12.1. The molecule has 1 heterocycles. The lowest BCUT2D eigenvalue weighted by molar-refractivity contribution is -0.117. The third kappa shape index (κ3) is 3.74. The summed E-state index contributed by atoms with van der Waals surface area (Å²) in [5.41, 5.74) is -0.435. The van der Waals surface area contributed by atoms with Crippen LogP contribution < -0.4 is 0 Å². The van der Waals surface area contributed by atoms with E-state index in [4.69, 9.17) is 4.74 Å². The van der Waals surface area contributed by atoms with Gasteiger partial charge in [0.1, 0.15) is 11.4 Å². The molecule has 0 aromatic heterocycles. The summed E-state index contributed by atoms with van der Waals surface area (Å²) in [5, 5.41) is 0. The lowest BCUT2D eigenvalue weighted by Gasteiger charge is -2.39.